The van der Waals surface area contributed by atoms with E-state index in [2.05, 4.69) is 9.80 Å². The second-order valence-corrected chi connectivity index (χ2v) is 11.8. The molecule has 2 aliphatic rings. The number of carbonyl (C=O) groups is 2. The molecular weight excluding hydrogens is 430 g/mol. The summed E-state index contributed by atoms with van der Waals surface area (Å²) in [4.78, 5) is 31.4. The Kier molecular flexibility index (Phi) is 7.50. The molecule has 0 spiro atoms. The highest BCUT2D eigenvalue weighted by Gasteiger charge is 2.31. The summed E-state index contributed by atoms with van der Waals surface area (Å²) in [6.45, 7) is 10.3. The zero-order valence-corrected chi connectivity index (χ0v) is 20.4. The molecule has 8 nitrogen and oxygen atoms in total. The Labute approximate surface area is 191 Å². The number of rotatable bonds is 5. The van der Waals surface area contributed by atoms with Gasteiger partial charge in [0.25, 0.3) is 0 Å². The summed E-state index contributed by atoms with van der Waals surface area (Å²) in [6.07, 6.45) is 2.28. The van der Waals surface area contributed by atoms with E-state index in [1.165, 1.54) is 6.26 Å². The van der Waals surface area contributed by atoms with E-state index >= 15 is 0 Å². The van der Waals surface area contributed by atoms with Crippen LogP contribution in [0, 0.1) is 5.92 Å². The van der Waals surface area contributed by atoms with Crippen molar-refractivity contribution < 1.29 is 22.7 Å². The molecule has 0 unspecified atom stereocenters. The van der Waals surface area contributed by atoms with Crippen molar-refractivity contribution >= 4 is 27.4 Å². The van der Waals surface area contributed by atoms with Crippen molar-refractivity contribution in [2.75, 3.05) is 57.0 Å². The van der Waals surface area contributed by atoms with Crippen molar-refractivity contribution in [2.24, 2.45) is 5.92 Å². The number of Topliss-reactive ketones (excluding diaryl/α,β-unsaturated/α-hetero) is 1. The molecule has 0 bridgehead atoms. The molecule has 1 aromatic rings. The van der Waals surface area contributed by atoms with Crippen LogP contribution in [0.4, 0.5) is 10.5 Å². The fourth-order valence-electron chi connectivity index (χ4n) is 4.13. The van der Waals surface area contributed by atoms with E-state index in [4.69, 9.17) is 4.74 Å². The van der Waals surface area contributed by atoms with E-state index in [9.17, 15) is 18.0 Å². The first-order valence-electron chi connectivity index (χ1n) is 11.2. The first-order valence-corrected chi connectivity index (χ1v) is 13.1. The van der Waals surface area contributed by atoms with E-state index in [1.54, 1.807) is 17.0 Å². The third-order valence-electron chi connectivity index (χ3n) is 5.98. The largest absolute Gasteiger partial charge is 0.444 e. The summed E-state index contributed by atoms with van der Waals surface area (Å²) in [5, 5.41) is 0. The molecule has 2 fully saturated rings. The normalized spacial score (nSPS) is 19.1. The van der Waals surface area contributed by atoms with Gasteiger partial charge in [-0.2, -0.15) is 0 Å². The lowest BCUT2D eigenvalue weighted by molar-refractivity contribution is -0.125. The Bertz CT molecular complexity index is 908. The van der Waals surface area contributed by atoms with Gasteiger partial charge in [-0.3, -0.25) is 9.69 Å². The summed E-state index contributed by atoms with van der Waals surface area (Å²) in [7, 11) is -3.19. The highest BCUT2D eigenvalue weighted by Crippen LogP contribution is 2.22. The average Bonchev–Trinajstić information content (AvgIpc) is 2.72. The van der Waals surface area contributed by atoms with Crippen molar-refractivity contribution in [2.45, 2.75) is 44.1 Å². The summed E-state index contributed by atoms with van der Waals surface area (Å²) < 4.78 is 28.7. The second kappa shape index (κ2) is 9.79. The van der Waals surface area contributed by atoms with Crippen LogP contribution in [0.25, 0.3) is 0 Å². The Balaban J connectivity index is 1.43. The van der Waals surface area contributed by atoms with Gasteiger partial charge in [0.1, 0.15) is 11.4 Å². The Morgan fingerprint density at radius 2 is 1.53 bits per heavy atom. The minimum Gasteiger partial charge on any atom is -0.444 e. The van der Waals surface area contributed by atoms with Crippen molar-refractivity contribution in [3.8, 4) is 0 Å². The number of piperidine rings is 1. The molecule has 0 aliphatic carbocycles. The van der Waals surface area contributed by atoms with E-state index in [1.807, 2.05) is 32.9 Å². The van der Waals surface area contributed by atoms with Crippen LogP contribution in [0.15, 0.2) is 29.2 Å². The van der Waals surface area contributed by atoms with Crippen LogP contribution in [-0.4, -0.2) is 87.8 Å². The van der Waals surface area contributed by atoms with Crippen LogP contribution in [0.3, 0.4) is 0 Å². The second-order valence-electron chi connectivity index (χ2n) is 9.74. The summed E-state index contributed by atoms with van der Waals surface area (Å²) >= 11 is 0. The van der Waals surface area contributed by atoms with Gasteiger partial charge in [0.2, 0.25) is 0 Å². The molecule has 3 rings (SSSR count). The van der Waals surface area contributed by atoms with Crippen LogP contribution in [0.1, 0.15) is 33.6 Å². The number of nitrogens with zero attached hydrogens (tertiary/aromatic N) is 3. The maximum Gasteiger partial charge on any atom is 0.410 e. The molecule has 0 aromatic heterocycles. The van der Waals surface area contributed by atoms with E-state index in [0.29, 0.717) is 37.4 Å². The van der Waals surface area contributed by atoms with Gasteiger partial charge in [-0.1, -0.05) is 0 Å². The summed E-state index contributed by atoms with van der Waals surface area (Å²) in [5.41, 5.74) is 0.486. The van der Waals surface area contributed by atoms with Crippen LogP contribution in [0.2, 0.25) is 0 Å². The van der Waals surface area contributed by atoms with Crippen molar-refractivity contribution in [3.05, 3.63) is 24.3 Å². The highest BCUT2D eigenvalue weighted by molar-refractivity contribution is 7.90. The van der Waals surface area contributed by atoms with Crippen molar-refractivity contribution in [1.29, 1.82) is 0 Å². The predicted molar refractivity (Wildman–Crippen MR) is 124 cm³/mol. The van der Waals surface area contributed by atoms with Gasteiger partial charge in [0, 0.05) is 57.1 Å². The highest BCUT2D eigenvalue weighted by atomic mass is 32.2. The van der Waals surface area contributed by atoms with Crippen LogP contribution < -0.4 is 4.90 Å². The van der Waals surface area contributed by atoms with E-state index < -0.39 is 15.4 Å². The Hall–Kier alpha value is -2.13. The number of piperazine rings is 1. The fraction of sp³-hybridized carbons (Fsp3) is 0.652. The zero-order valence-electron chi connectivity index (χ0n) is 19.5. The predicted octanol–water partition coefficient (Wildman–Crippen LogP) is 2.43. The Morgan fingerprint density at radius 3 is 2.03 bits per heavy atom. The molecule has 0 atom stereocenters. The molecule has 178 valence electrons. The number of anilines is 1. The number of carbonyl (C=O) groups excluding carboxylic acids is 2. The van der Waals surface area contributed by atoms with Gasteiger partial charge < -0.3 is 14.5 Å². The van der Waals surface area contributed by atoms with Gasteiger partial charge in [0.15, 0.2) is 9.84 Å². The topological polar surface area (TPSA) is 87.2 Å². The number of ether oxygens (including phenoxy) is 1. The molecule has 1 amide bonds. The van der Waals surface area contributed by atoms with Gasteiger partial charge in [-0.25, -0.2) is 13.2 Å². The third-order valence-corrected chi connectivity index (χ3v) is 7.11. The molecule has 0 N–H and O–H groups in total. The number of amides is 1. The summed E-state index contributed by atoms with van der Waals surface area (Å²) in [5.74, 6) is 0.245. The average molecular weight is 466 g/mol. The zero-order chi connectivity index (χ0) is 23.5. The summed E-state index contributed by atoms with van der Waals surface area (Å²) in [6, 6.07) is 6.97. The maximum atomic E-state index is 12.8. The first-order chi connectivity index (χ1) is 14.9. The minimum absolute atomic E-state index is 0.00439. The third kappa shape index (κ3) is 6.68. The fourth-order valence-corrected chi connectivity index (χ4v) is 4.76. The number of hydrogen-bond donors (Lipinski definition) is 0. The monoisotopic (exact) mass is 465 g/mol. The van der Waals surface area contributed by atoms with Gasteiger partial charge in [-0.05, 0) is 57.9 Å². The van der Waals surface area contributed by atoms with Crippen LogP contribution in [0.5, 0.6) is 0 Å². The molecule has 2 aliphatic heterocycles. The Morgan fingerprint density at radius 1 is 0.969 bits per heavy atom. The smallest absolute Gasteiger partial charge is 0.410 e. The molecule has 1 aromatic carbocycles. The molecule has 32 heavy (non-hydrogen) atoms. The van der Waals surface area contributed by atoms with Gasteiger partial charge in [-0.15, -0.1) is 0 Å². The molecule has 9 heteroatoms. The molecule has 2 heterocycles. The lowest BCUT2D eigenvalue weighted by Gasteiger charge is -2.37. The van der Waals surface area contributed by atoms with E-state index in [-0.39, 0.29) is 17.8 Å². The number of sulfone groups is 1. The standard InChI is InChI=1S/C23H35N3O5S/c1-23(2,3)31-22(28)26-11-9-18(10-12-26)21(27)17-24-13-15-25(16-14-24)19-5-7-20(8-6-19)32(4,29)30/h5-8,18H,9-17H2,1-4H3. The minimum atomic E-state index is -3.19. The molecule has 2 saturated heterocycles. The van der Waals surface area contributed by atoms with Crippen LogP contribution in [-0.2, 0) is 19.4 Å². The number of benzene rings is 1. The molecule has 0 saturated carbocycles. The number of ketones is 1. The quantitative estimate of drug-likeness (QED) is 0.660. The number of hydrogen-bond acceptors (Lipinski definition) is 7. The van der Waals surface area contributed by atoms with Gasteiger partial charge >= 0.3 is 6.09 Å². The number of likely N-dealkylation sites (tertiary alicyclic amines) is 1. The van der Waals surface area contributed by atoms with Crippen LogP contribution >= 0.6 is 0 Å². The molecular formula is C23H35N3O5S. The maximum absolute atomic E-state index is 12.8. The van der Waals surface area contributed by atoms with Gasteiger partial charge in [0.05, 0.1) is 11.4 Å². The van der Waals surface area contributed by atoms with Crippen molar-refractivity contribution in [3.63, 3.8) is 0 Å². The lowest BCUT2D eigenvalue weighted by atomic mass is 9.92. The van der Waals surface area contributed by atoms with Crippen molar-refractivity contribution in [1.82, 2.24) is 9.80 Å². The lowest BCUT2D eigenvalue weighted by Crippen LogP contribution is -2.49. The SMILES string of the molecule is CC(C)(C)OC(=O)N1CCC(C(=O)CN2CCN(c3ccc(S(C)(=O)=O)cc3)CC2)CC1. The molecule has 0 radical (unpaired) electrons. The van der Waals surface area contributed by atoms with E-state index in [0.717, 1.165) is 31.9 Å². The first kappa shape index (κ1) is 24.5.